The summed E-state index contributed by atoms with van der Waals surface area (Å²) in [6.45, 7) is 4.73. The van der Waals surface area contributed by atoms with E-state index < -0.39 is 11.4 Å². The lowest BCUT2D eigenvalue weighted by atomic mass is 10.2. The SMILES string of the molecule is Cc1cc(=O)c(C(=O)O)cn1CC(=O)N1CCN(C)CC1. The molecular formula is C14H19N3O4. The number of carbonyl (C=O) groups excluding carboxylic acids is 1. The van der Waals surface area contributed by atoms with Gasteiger partial charge in [-0.1, -0.05) is 0 Å². The topological polar surface area (TPSA) is 82.8 Å². The molecule has 0 radical (unpaired) electrons. The second kappa shape index (κ2) is 6.09. The van der Waals surface area contributed by atoms with E-state index in [1.54, 1.807) is 11.8 Å². The zero-order chi connectivity index (χ0) is 15.6. The number of pyridine rings is 1. The van der Waals surface area contributed by atoms with Gasteiger partial charge in [0.2, 0.25) is 5.91 Å². The Labute approximate surface area is 122 Å². The van der Waals surface area contributed by atoms with E-state index in [1.807, 2.05) is 7.05 Å². The van der Waals surface area contributed by atoms with Crippen LogP contribution >= 0.6 is 0 Å². The number of carboxylic acid groups (broad SMARTS) is 1. The molecule has 0 aliphatic carbocycles. The highest BCUT2D eigenvalue weighted by Gasteiger charge is 2.20. The monoisotopic (exact) mass is 293 g/mol. The Morgan fingerprint density at radius 3 is 2.43 bits per heavy atom. The molecule has 1 saturated heterocycles. The molecule has 0 bridgehead atoms. The van der Waals surface area contributed by atoms with Gasteiger partial charge in [-0.2, -0.15) is 0 Å². The molecule has 1 aliphatic rings. The number of amides is 1. The van der Waals surface area contributed by atoms with Crippen LogP contribution in [-0.4, -0.2) is 64.6 Å². The van der Waals surface area contributed by atoms with Crippen LogP contribution in [0.3, 0.4) is 0 Å². The van der Waals surface area contributed by atoms with Gasteiger partial charge in [-0.3, -0.25) is 9.59 Å². The second-order valence-electron chi connectivity index (χ2n) is 5.31. The second-order valence-corrected chi connectivity index (χ2v) is 5.31. The van der Waals surface area contributed by atoms with Crippen LogP contribution < -0.4 is 5.43 Å². The van der Waals surface area contributed by atoms with E-state index in [-0.39, 0.29) is 18.0 Å². The van der Waals surface area contributed by atoms with Crippen LogP contribution in [0.1, 0.15) is 16.1 Å². The summed E-state index contributed by atoms with van der Waals surface area (Å²) in [7, 11) is 2.01. The molecule has 2 heterocycles. The number of piperazine rings is 1. The van der Waals surface area contributed by atoms with Crippen LogP contribution in [0.5, 0.6) is 0 Å². The van der Waals surface area contributed by atoms with Gasteiger partial charge in [0.1, 0.15) is 12.1 Å². The lowest BCUT2D eigenvalue weighted by Gasteiger charge is -2.32. The Balaban J connectivity index is 2.15. The van der Waals surface area contributed by atoms with Crippen LogP contribution in [-0.2, 0) is 11.3 Å². The van der Waals surface area contributed by atoms with Gasteiger partial charge in [0, 0.05) is 44.1 Å². The number of aromatic nitrogens is 1. The van der Waals surface area contributed by atoms with E-state index in [9.17, 15) is 14.4 Å². The number of rotatable bonds is 3. The molecule has 21 heavy (non-hydrogen) atoms. The van der Waals surface area contributed by atoms with Gasteiger partial charge in [0.15, 0.2) is 5.43 Å². The Morgan fingerprint density at radius 2 is 1.86 bits per heavy atom. The zero-order valence-electron chi connectivity index (χ0n) is 12.2. The first-order chi connectivity index (χ1) is 9.88. The van der Waals surface area contributed by atoms with Gasteiger partial charge in [0.25, 0.3) is 0 Å². The number of hydrogen-bond acceptors (Lipinski definition) is 4. The highest BCUT2D eigenvalue weighted by atomic mass is 16.4. The van der Waals surface area contributed by atoms with E-state index in [4.69, 9.17) is 5.11 Å². The van der Waals surface area contributed by atoms with Crippen molar-refractivity contribution in [3.8, 4) is 0 Å². The Bertz CT molecular complexity index is 615. The summed E-state index contributed by atoms with van der Waals surface area (Å²) < 4.78 is 1.52. The maximum absolute atomic E-state index is 12.3. The first-order valence-corrected chi connectivity index (χ1v) is 6.79. The molecule has 2 rings (SSSR count). The predicted molar refractivity (Wildman–Crippen MR) is 76.5 cm³/mol. The first-order valence-electron chi connectivity index (χ1n) is 6.79. The largest absolute Gasteiger partial charge is 0.477 e. The zero-order valence-corrected chi connectivity index (χ0v) is 12.2. The normalized spacial score (nSPS) is 16.0. The van der Waals surface area contributed by atoms with Gasteiger partial charge < -0.3 is 19.5 Å². The molecule has 1 aromatic heterocycles. The quantitative estimate of drug-likeness (QED) is 0.822. The van der Waals surface area contributed by atoms with Crippen LogP contribution in [0, 0.1) is 6.92 Å². The fourth-order valence-corrected chi connectivity index (χ4v) is 2.30. The van der Waals surface area contributed by atoms with Crippen molar-refractivity contribution in [2.45, 2.75) is 13.5 Å². The molecule has 1 aliphatic heterocycles. The van der Waals surface area contributed by atoms with Gasteiger partial charge in [-0.15, -0.1) is 0 Å². The van der Waals surface area contributed by atoms with Crippen molar-refractivity contribution in [3.63, 3.8) is 0 Å². The molecule has 7 nitrogen and oxygen atoms in total. The van der Waals surface area contributed by atoms with Gasteiger partial charge in [-0.25, -0.2) is 4.79 Å². The molecule has 1 amide bonds. The van der Waals surface area contributed by atoms with Crippen molar-refractivity contribution >= 4 is 11.9 Å². The summed E-state index contributed by atoms with van der Waals surface area (Å²) in [5.41, 5.74) is -0.275. The van der Waals surface area contributed by atoms with Crippen molar-refractivity contribution in [1.29, 1.82) is 0 Å². The van der Waals surface area contributed by atoms with Crippen molar-refractivity contribution in [2.24, 2.45) is 0 Å². The molecule has 1 fully saturated rings. The van der Waals surface area contributed by atoms with Crippen LogP contribution in [0.15, 0.2) is 17.1 Å². The molecule has 1 aromatic rings. The minimum Gasteiger partial charge on any atom is -0.477 e. The van der Waals surface area contributed by atoms with Crippen molar-refractivity contribution < 1.29 is 14.7 Å². The molecular weight excluding hydrogens is 274 g/mol. The molecule has 0 spiro atoms. The summed E-state index contributed by atoms with van der Waals surface area (Å²) in [6.07, 6.45) is 1.24. The molecule has 7 heteroatoms. The van der Waals surface area contributed by atoms with Gasteiger partial charge in [-0.05, 0) is 14.0 Å². The molecule has 114 valence electrons. The van der Waals surface area contributed by atoms with E-state index in [1.165, 1.54) is 16.8 Å². The van der Waals surface area contributed by atoms with Crippen LogP contribution in [0.25, 0.3) is 0 Å². The van der Waals surface area contributed by atoms with Crippen molar-refractivity contribution in [2.75, 3.05) is 33.2 Å². The third-order valence-corrected chi connectivity index (χ3v) is 3.74. The molecule has 0 atom stereocenters. The van der Waals surface area contributed by atoms with Crippen molar-refractivity contribution in [3.05, 3.63) is 33.7 Å². The Kier molecular flexibility index (Phi) is 4.42. The fraction of sp³-hybridized carbons (Fsp3) is 0.500. The van der Waals surface area contributed by atoms with Gasteiger partial charge >= 0.3 is 5.97 Å². The highest BCUT2D eigenvalue weighted by Crippen LogP contribution is 2.04. The van der Waals surface area contributed by atoms with Crippen LogP contribution in [0.2, 0.25) is 0 Å². The average molecular weight is 293 g/mol. The summed E-state index contributed by atoms with van der Waals surface area (Å²) in [6, 6.07) is 1.25. The summed E-state index contributed by atoms with van der Waals surface area (Å²) >= 11 is 0. The molecule has 0 aromatic carbocycles. The van der Waals surface area contributed by atoms with Gasteiger partial charge in [0.05, 0.1) is 0 Å². The Hall–Kier alpha value is -2.15. The van der Waals surface area contributed by atoms with E-state index in [2.05, 4.69) is 4.90 Å². The lowest BCUT2D eigenvalue weighted by molar-refractivity contribution is -0.133. The van der Waals surface area contributed by atoms with Crippen molar-refractivity contribution in [1.82, 2.24) is 14.4 Å². The van der Waals surface area contributed by atoms with E-state index in [0.29, 0.717) is 18.8 Å². The highest BCUT2D eigenvalue weighted by molar-refractivity contribution is 5.87. The molecule has 0 saturated carbocycles. The summed E-state index contributed by atoms with van der Waals surface area (Å²) in [5, 5.41) is 8.98. The van der Waals surface area contributed by atoms with E-state index in [0.717, 1.165) is 13.1 Å². The number of carbonyl (C=O) groups is 2. The van der Waals surface area contributed by atoms with E-state index >= 15 is 0 Å². The predicted octanol–water partition coefficient (Wildman–Crippen LogP) is -0.371. The average Bonchev–Trinajstić information content (AvgIpc) is 2.42. The third-order valence-electron chi connectivity index (χ3n) is 3.74. The fourth-order valence-electron chi connectivity index (χ4n) is 2.30. The Morgan fingerprint density at radius 1 is 1.24 bits per heavy atom. The summed E-state index contributed by atoms with van der Waals surface area (Å²) in [4.78, 5) is 38.7. The third kappa shape index (κ3) is 3.49. The maximum Gasteiger partial charge on any atom is 0.341 e. The number of likely N-dealkylation sites (N-methyl/N-ethyl adjacent to an activating group) is 1. The first kappa shape index (κ1) is 15.2. The summed E-state index contributed by atoms with van der Waals surface area (Å²) in [5.74, 6) is -1.34. The minimum absolute atomic E-state index is 0.0517. The lowest BCUT2D eigenvalue weighted by Crippen LogP contribution is -2.48. The molecule has 0 unspecified atom stereocenters. The number of aromatic carboxylic acids is 1. The number of hydrogen-bond donors (Lipinski definition) is 1. The smallest absolute Gasteiger partial charge is 0.341 e. The minimum atomic E-state index is -1.28. The molecule has 1 N–H and O–H groups in total. The number of nitrogens with zero attached hydrogens (tertiary/aromatic N) is 3. The van der Waals surface area contributed by atoms with Crippen LogP contribution in [0.4, 0.5) is 0 Å². The maximum atomic E-state index is 12.3. The number of carboxylic acids is 1. The number of aryl methyl sites for hydroxylation is 1. The standard InChI is InChI=1S/C14H19N3O4/c1-10-7-12(18)11(14(20)21)8-17(10)9-13(19)16-5-3-15(2)4-6-16/h7-8H,3-6,9H2,1-2H3,(H,20,21).